The van der Waals surface area contributed by atoms with Gasteiger partial charge in [-0.2, -0.15) is 0 Å². The van der Waals surface area contributed by atoms with Gasteiger partial charge >= 0.3 is 0 Å². The van der Waals surface area contributed by atoms with E-state index in [0.717, 1.165) is 41.6 Å². The zero-order valence-electron chi connectivity index (χ0n) is 12.9. The fraction of sp³-hybridized carbons (Fsp3) is 0.500. The summed E-state index contributed by atoms with van der Waals surface area (Å²) < 4.78 is 6.84. The lowest BCUT2D eigenvalue weighted by molar-refractivity contribution is 0.113. The molecule has 6 heteroatoms. The Labute approximate surface area is 140 Å². The van der Waals surface area contributed by atoms with E-state index in [4.69, 9.17) is 21.9 Å². The third kappa shape index (κ3) is 3.39. The van der Waals surface area contributed by atoms with Gasteiger partial charge in [-0.05, 0) is 44.1 Å². The number of para-hydroxylation sites is 1. The third-order valence-electron chi connectivity index (χ3n) is 4.07. The fourth-order valence-corrected chi connectivity index (χ4v) is 3.85. The molecule has 0 spiro atoms. The Kier molecular flexibility index (Phi) is 4.90. The van der Waals surface area contributed by atoms with E-state index in [1.807, 2.05) is 19.2 Å². The van der Waals surface area contributed by atoms with Crippen molar-refractivity contribution in [3.8, 4) is 0 Å². The quantitative estimate of drug-likeness (QED) is 0.868. The zero-order chi connectivity index (χ0) is 15.5. The Morgan fingerprint density at radius 1 is 1.55 bits per heavy atom. The van der Waals surface area contributed by atoms with Crippen LogP contribution < -0.4 is 5.32 Å². The summed E-state index contributed by atoms with van der Waals surface area (Å²) in [7, 11) is 2.02. The molecule has 1 aliphatic heterocycles. The second kappa shape index (κ2) is 6.89. The molecule has 2 atom stereocenters. The van der Waals surface area contributed by atoms with Crippen LogP contribution in [0.1, 0.15) is 30.8 Å². The van der Waals surface area contributed by atoms with Crippen molar-refractivity contribution in [3.63, 3.8) is 0 Å². The maximum atomic E-state index is 5.62. The highest BCUT2D eigenvalue weighted by Gasteiger charge is 2.20. The molecule has 2 heterocycles. The Hall–Kier alpha value is -1.24. The predicted octanol–water partition coefficient (Wildman–Crippen LogP) is 3.34. The predicted molar refractivity (Wildman–Crippen MR) is 95.4 cm³/mol. The Morgan fingerprint density at radius 2 is 2.36 bits per heavy atom. The average molecular weight is 335 g/mol. The Balaban J connectivity index is 1.62. The van der Waals surface area contributed by atoms with Crippen LogP contribution >= 0.6 is 23.6 Å². The van der Waals surface area contributed by atoms with E-state index in [0.29, 0.717) is 6.10 Å². The van der Waals surface area contributed by atoms with Crippen molar-refractivity contribution in [3.05, 3.63) is 29.3 Å². The molecule has 118 valence electrons. The molecule has 1 N–H and O–H groups in total. The van der Waals surface area contributed by atoms with Crippen LogP contribution in [0.5, 0.6) is 0 Å². The van der Waals surface area contributed by atoms with Gasteiger partial charge < -0.3 is 15.0 Å². The second-order valence-electron chi connectivity index (χ2n) is 5.63. The van der Waals surface area contributed by atoms with E-state index in [2.05, 4.69) is 29.3 Å². The maximum absolute atomic E-state index is 5.62. The summed E-state index contributed by atoms with van der Waals surface area (Å²) in [6, 6.07) is 8.38. The summed E-state index contributed by atoms with van der Waals surface area (Å²) in [6.45, 7) is 3.80. The number of nitrogens with zero attached hydrogens (tertiary/aromatic N) is 2. The van der Waals surface area contributed by atoms with Crippen LogP contribution in [0.4, 0.5) is 0 Å². The number of hydrogen-bond acceptors (Lipinski definition) is 4. The smallest absolute Gasteiger partial charge is 0.169 e. The highest BCUT2D eigenvalue weighted by molar-refractivity contribution is 7.80. The van der Waals surface area contributed by atoms with Gasteiger partial charge in [-0.1, -0.05) is 12.1 Å². The van der Waals surface area contributed by atoms with Crippen molar-refractivity contribution >= 4 is 38.9 Å². The van der Waals surface area contributed by atoms with Crippen LogP contribution in [0.3, 0.4) is 0 Å². The average Bonchev–Trinajstić information content (AvgIpc) is 3.19. The van der Waals surface area contributed by atoms with Gasteiger partial charge in [0.25, 0.3) is 0 Å². The molecule has 0 saturated carbocycles. The summed E-state index contributed by atoms with van der Waals surface area (Å²) in [5.41, 5.74) is 1.06. The Bertz CT molecular complexity index is 619. The first kappa shape index (κ1) is 15.6. The number of benzene rings is 1. The molecule has 0 aliphatic carbocycles. The molecule has 3 rings (SSSR count). The van der Waals surface area contributed by atoms with E-state index in [9.17, 15) is 0 Å². The largest absolute Gasteiger partial charge is 0.376 e. The van der Waals surface area contributed by atoms with Gasteiger partial charge in [-0.15, -0.1) is 11.3 Å². The van der Waals surface area contributed by atoms with Gasteiger partial charge in [0.05, 0.1) is 22.4 Å². The van der Waals surface area contributed by atoms with Crippen LogP contribution in [0.2, 0.25) is 0 Å². The first-order valence-electron chi connectivity index (χ1n) is 7.63. The molecule has 22 heavy (non-hydrogen) atoms. The maximum Gasteiger partial charge on any atom is 0.169 e. The minimum atomic E-state index is 0.155. The fourth-order valence-electron chi connectivity index (χ4n) is 2.54. The zero-order valence-corrected chi connectivity index (χ0v) is 14.5. The topological polar surface area (TPSA) is 37.4 Å². The minimum Gasteiger partial charge on any atom is -0.376 e. The minimum absolute atomic E-state index is 0.155. The number of nitrogens with one attached hydrogen (secondary N) is 1. The summed E-state index contributed by atoms with van der Waals surface area (Å²) in [4.78, 5) is 6.79. The van der Waals surface area contributed by atoms with Crippen LogP contribution in [-0.2, 0) is 4.74 Å². The summed E-state index contributed by atoms with van der Waals surface area (Å²) in [5, 5.41) is 5.16. The van der Waals surface area contributed by atoms with Crippen molar-refractivity contribution < 1.29 is 4.74 Å². The molecule has 4 nitrogen and oxygen atoms in total. The van der Waals surface area contributed by atoms with Gasteiger partial charge in [-0.25, -0.2) is 4.98 Å². The molecule has 0 radical (unpaired) electrons. The lowest BCUT2D eigenvalue weighted by atomic mass is 10.2. The first-order chi connectivity index (χ1) is 10.6. The van der Waals surface area contributed by atoms with Gasteiger partial charge in [0, 0.05) is 20.2 Å². The van der Waals surface area contributed by atoms with Crippen molar-refractivity contribution in [1.29, 1.82) is 0 Å². The molecular formula is C16H21N3OS2. The normalized spacial score (nSPS) is 19.3. The molecular weight excluding hydrogens is 314 g/mol. The monoisotopic (exact) mass is 335 g/mol. The van der Waals surface area contributed by atoms with Gasteiger partial charge in [-0.3, -0.25) is 0 Å². The van der Waals surface area contributed by atoms with E-state index in [-0.39, 0.29) is 6.04 Å². The molecule has 0 amide bonds. The van der Waals surface area contributed by atoms with Gasteiger partial charge in [0.15, 0.2) is 5.11 Å². The SMILES string of the molecule is C[C@H](c1nc2ccccc2s1)N(C)C(=S)NC[C@H]1CCCO1. The number of rotatable bonds is 4. The van der Waals surface area contributed by atoms with Crippen molar-refractivity contribution in [2.24, 2.45) is 0 Å². The number of aromatic nitrogens is 1. The summed E-state index contributed by atoms with van der Waals surface area (Å²) in [6.07, 6.45) is 2.56. The molecule has 1 aliphatic rings. The van der Waals surface area contributed by atoms with Crippen molar-refractivity contribution in [2.45, 2.75) is 31.9 Å². The first-order valence-corrected chi connectivity index (χ1v) is 8.85. The number of fused-ring (bicyclic) bond motifs is 1. The number of ether oxygens (including phenoxy) is 1. The van der Waals surface area contributed by atoms with E-state index >= 15 is 0 Å². The van der Waals surface area contributed by atoms with E-state index in [1.54, 1.807) is 11.3 Å². The number of thiocarbonyl (C=S) groups is 1. The van der Waals surface area contributed by atoms with Crippen LogP contribution in [0.15, 0.2) is 24.3 Å². The molecule has 2 aromatic rings. The lowest BCUT2D eigenvalue weighted by Crippen LogP contribution is -2.41. The third-order valence-corrected chi connectivity index (χ3v) is 5.71. The van der Waals surface area contributed by atoms with Gasteiger partial charge in [0.2, 0.25) is 0 Å². The van der Waals surface area contributed by atoms with Crippen LogP contribution in [0.25, 0.3) is 10.2 Å². The molecule has 1 aromatic carbocycles. The standard InChI is InChI=1S/C16H21N3OS2/c1-11(15-18-13-7-3-4-8-14(13)22-15)19(2)16(21)17-10-12-6-5-9-20-12/h3-4,7-8,11-12H,5-6,9-10H2,1-2H3,(H,17,21)/t11-,12-/m1/s1. The summed E-state index contributed by atoms with van der Waals surface area (Å²) in [5.74, 6) is 0. The Morgan fingerprint density at radius 3 is 3.09 bits per heavy atom. The van der Waals surface area contributed by atoms with Crippen molar-refractivity contribution in [1.82, 2.24) is 15.2 Å². The van der Waals surface area contributed by atoms with Crippen LogP contribution in [-0.4, -0.2) is 41.3 Å². The highest BCUT2D eigenvalue weighted by Crippen LogP contribution is 2.28. The molecule has 0 bridgehead atoms. The lowest BCUT2D eigenvalue weighted by Gasteiger charge is -2.27. The molecule has 1 saturated heterocycles. The number of thiazole rings is 1. The van der Waals surface area contributed by atoms with E-state index < -0.39 is 0 Å². The number of hydrogen-bond donors (Lipinski definition) is 1. The van der Waals surface area contributed by atoms with Crippen LogP contribution in [0, 0.1) is 0 Å². The molecule has 1 fully saturated rings. The van der Waals surface area contributed by atoms with Gasteiger partial charge in [0.1, 0.15) is 5.01 Å². The highest BCUT2D eigenvalue weighted by atomic mass is 32.1. The second-order valence-corrected chi connectivity index (χ2v) is 7.08. The van der Waals surface area contributed by atoms with Crippen molar-refractivity contribution in [2.75, 3.05) is 20.2 Å². The van der Waals surface area contributed by atoms with E-state index in [1.165, 1.54) is 4.70 Å². The molecule has 1 aromatic heterocycles. The summed E-state index contributed by atoms with van der Waals surface area (Å²) >= 11 is 7.23. The molecule has 0 unspecified atom stereocenters.